The highest BCUT2D eigenvalue weighted by molar-refractivity contribution is 6.04. The summed E-state index contributed by atoms with van der Waals surface area (Å²) in [4.78, 5) is 24.5. The van der Waals surface area contributed by atoms with Crippen molar-refractivity contribution in [3.05, 3.63) is 29.8 Å². The smallest absolute Gasteiger partial charge is 0.246 e. The average Bonchev–Trinajstić information content (AvgIpc) is 3.11. The summed E-state index contributed by atoms with van der Waals surface area (Å²) in [5.41, 5.74) is 1.27. The molecule has 1 aliphatic carbocycles. The quantitative estimate of drug-likeness (QED) is 0.816. The van der Waals surface area contributed by atoms with Crippen molar-refractivity contribution < 1.29 is 14.7 Å². The van der Waals surface area contributed by atoms with Gasteiger partial charge in [-0.1, -0.05) is 12.1 Å². The number of hydrogen-bond donors (Lipinski definition) is 2. The Labute approximate surface area is 111 Å². The van der Waals surface area contributed by atoms with E-state index in [1.807, 2.05) is 24.3 Å². The van der Waals surface area contributed by atoms with Crippen LogP contribution in [0.3, 0.4) is 0 Å². The highest BCUT2D eigenvalue weighted by atomic mass is 16.3. The van der Waals surface area contributed by atoms with Crippen LogP contribution in [0.1, 0.15) is 18.4 Å². The molecule has 1 aromatic rings. The average molecular weight is 260 g/mol. The molecule has 1 saturated carbocycles. The minimum absolute atomic E-state index is 0.0559. The largest absolute Gasteiger partial charge is 0.390 e. The van der Waals surface area contributed by atoms with E-state index in [-0.39, 0.29) is 24.9 Å². The number of amides is 2. The van der Waals surface area contributed by atoms with Crippen LogP contribution in [0.5, 0.6) is 0 Å². The fourth-order valence-electron chi connectivity index (χ4n) is 2.29. The molecule has 2 aliphatic rings. The van der Waals surface area contributed by atoms with Gasteiger partial charge in [-0.3, -0.25) is 9.59 Å². The topological polar surface area (TPSA) is 69.6 Å². The Balaban J connectivity index is 1.74. The summed E-state index contributed by atoms with van der Waals surface area (Å²) in [6.07, 6.45) is 2.38. The standard InChI is InChI=1S/C14H16N2O3/c17-12-9-16(13(18)8-15-12)11-3-1-10(2-4-11)7-14(19)5-6-14/h1-4,19H,5-9H2,(H,15,17). The number of rotatable bonds is 3. The number of nitrogens with zero attached hydrogens (tertiary/aromatic N) is 1. The summed E-state index contributed by atoms with van der Waals surface area (Å²) in [6, 6.07) is 7.48. The van der Waals surface area contributed by atoms with Gasteiger partial charge in [0.15, 0.2) is 0 Å². The van der Waals surface area contributed by atoms with Crippen molar-refractivity contribution in [2.75, 3.05) is 18.0 Å². The molecule has 0 spiro atoms. The first kappa shape index (κ1) is 12.2. The van der Waals surface area contributed by atoms with E-state index in [1.165, 1.54) is 4.90 Å². The lowest BCUT2D eigenvalue weighted by atomic mass is 10.1. The van der Waals surface area contributed by atoms with E-state index in [0.717, 1.165) is 24.1 Å². The molecule has 0 radical (unpaired) electrons. The lowest BCUT2D eigenvalue weighted by Gasteiger charge is -2.26. The number of aliphatic hydroxyl groups is 1. The Morgan fingerprint density at radius 1 is 1.21 bits per heavy atom. The van der Waals surface area contributed by atoms with Gasteiger partial charge in [-0.25, -0.2) is 0 Å². The van der Waals surface area contributed by atoms with Gasteiger partial charge in [0.2, 0.25) is 11.8 Å². The second-order valence-electron chi connectivity index (χ2n) is 5.32. The molecule has 1 heterocycles. The molecule has 0 atom stereocenters. The normalized spacial score (nSPS) is 21.2. The second-order valence-corrected chi connectivity index (χ2v) is 5.32. The van der Waals surface area contributed by atoms with E-state index in [1.54, 1.807) is 0 Å². The van der Waals surface area contributed by atoms with Gasteiger partial charge in [0.1, 0.15) is 6.54 Å². The monoisotopic (exact) mass is 260 g/mol. The van der Waals surface area contributed by atoms with Gasteiger partial charge in [-0.2, -0.15) is 0 Å². The molecule has 5 heteroatoms. The molecule has 2 amide bonds. The summed E-state index contributed by atoms with van der Waals surface area (Å²) in [5.74, 6) is -0.246. The highest BCUT2D eigenvalue weighted by Gasteiger charge is 2.40. The first-order valence-corrected chi connectivity index (χ1v) is 6.44. The van der Waals surface area contributed by atoms with Gasteiger partial charge in [-0.05, 0) is 30.5 Å². The van der Waals surface area contributed by atoms with Crippen LogP contribution in [0.25, 0.3) is 0 Å². The molecular formula is C14H16N2O3. The maximum Gasteiger partial charge on any atom is 0.246 e. The van der Waals surface area contributed by atoms with Crippen LogP contribution in [0.2, 0.25) is 0 Å². The molecule has 100 valence electrons. The number of piperazine rings is 1. The van der Waals surface area contributed by atoms with Crippen LogP contribution in [-0.2, 0) is 16.0 Å². The molecule has 5 nitrogen and oxygen atoms in total. The van der Waals surface area contributed by atoms with Crippen LogP contribution in [-0.4, -0.2) is 35.6 Å². The summed E-state index contributed by atoms with van der Waals surface area (Å²) >= 11 is 0. The van der Waals surface area contributed by atoms with Crippen LogP contribution in [0, 0.1) is 0 Å². The molecule has 1 aromatic carbocycles. The number of carbonyl (C=O) groups excluding carboxylic acids is 2. The molecule has 19 heavy (non-hydrogen) atoms. The van der Waals surface area contributed by atoms with Gasteiger partial charge >= 0.3 is 0 Å². The molecule has 1 aliphatic heterocycles. The van der Waals surface area contributed by atoms with Crippen molar-refractivity contribution in [1.82, 2.24) is 5.32 Å². The Morgan fingerprint density at radius 3 is 2.53 bits per heavy atom. The Hall–Kier alpha value is -1.88. The Kier molecular flexibility index (Phi) is 2.78. The highest BCUT2D eigenvalue weighted by Crippen LogP contribution is 2.38. The summed E-state index contributed by atoms with van der Waals surface area (Å²) in [7, 11) is 0. The van der Waals surface area contributed by atoms with Crippen LogP contribution in [0.15, 0.2) is 24.3 Å². The summed E-state index contributed by atoms with van der Waals surface area (Å²) < 4.78 is 0. The number of hydrogen-bond acceptors (Lipinski definition) is 3. The summed E-state index contributed by atoms with van der Waals surface area (Å²) in [6.45, 7) is 0.127. The van der Waals surface area contributed by atoms with Crippen molar-refractivity contribution in [3.8, 4) is 0 Å². The van der Waals surface area contributed by atoms with Crippen molar-refractivity contribution in [2.45, 2.75) is 24.9 Å². The fraction of sp³-hybridized carbons (Fsp3) is 0.429. The molecule has 2 fully saturated rings. The second kappa shape index (κ2) is 4.35. The zero-order valence-electron chi connectivity index (χ0n) is 10.6. The van der Waals surface area contributed by atoms with E-state index in [9.17, 15) is 14.7 Å². The zero-order chi connectivity index (χ0) is 13.5. The maximum absolute atomic E-state index is 11.7. The SMILES string of the molecule is O=C1CN(c2ccc(CC3(O)CC3)cc2)C(=O)CN1. The van der Waals surface area contributed by atoms with Crippen molar-refractivity contribution in [2.24, 2.45) is 0 Å². The third kappa shape index (κ3) is 2.61. The van der Waals surface area contributed by atoms with Crippen molar-refractivity contribution >= 4 is 17.5 Å². The maximum atomic E-state index is 11.7. The molecule has 1 saturated heterocycles. The Morgan fingerprint density at radius 2 is 1.89 bits per heavy atom. The lowest BCUT2D eigenvalue weighted by Crippen LogP contribution is -2.51. The lowest BCUT2D eigenvalue weighted by molar-refractivity contribution is -0.128. The van der Waals surface area contributed by atoms with Crippen molar-refractivity contribution in [3.63, 3.8) is 0 Å². The van der Waals surface area contributed by atoms with E-state index < -0.39 is 5.60 Å². The minimum atomic E-state index is -0.512. The van der Waals surface area contributed by atoms with E-state index in [2.05, 4.69) is 5.32 Å². The predicted molar refractivity (Wildman–Crippen MR) is 69.7 cm³/mol. The minimum Gasteiger partial charge on any atom is -0.390 e. The third-order valence-electron chi connectivity index (χ3n) is 3.65. The summed E-state index contributed by atoms with van der Waals surface area (Å²) in [5, 5.41) is 12.4. The van der Waals surface area contributed by atoms with Gasteiger partial charge < -0.3 is 15.3 Å². The number of anilines is 1. The fourth-order valence-corrected chi connectivity index (χ4v) is 2.29. The first-order chi connectivity index (χ1) is 9.06. The number of nitrogens with one attached hydrogen (secondary N) is 1. The van der Waals surface area contributed by atoms with E-state index in [0.29, 0.717) is 6.42 Å². The molecule has 3 rings (SSSR count). The first-order valence-electron chi connectivity index (χ1n) is 6.44. The number of benzene rings is 1. The van der Waals surface area contributed by atoms with Gasteiger partial charge in [0.05, 0.1) is 12.1 Å². The van der Waals surface area contributed by atoms with Gasteiger partial charge in [-0.15, -0.1) is 0 Å². The molecular weight excluding hydrogens is 244 g/mol. The third-order valence-corrected chi connectivity index (χ3v) is 3.65. The zero-order valence-corrected chi connectivity index (χ0v) is 10.6. The van der Waals surface area contributed by atoms with Gasteiger partial charge in [0.25, 0.3) is 0 Å². The molecule has 0 aromatic heterocycles. The molecule has 2 N–H and O–H groups in total. The number of carbonyl (C=O) groups is 2. The Bertz CT molecular complexity index is 520. The molecule has 0 unspecified atom stereocenters. The van der Waals surface area contributed by atoms with Gasteiger partial charge in [0, 0.05) is 12.1 Å². The van der Waals surface area contributed by atoms with Crippen LogP contribution in [0.4, 0.5) is 5.69 Å². The van der Waals surface area contributed by atoms with Crippen LogP contribution < -0.4 is 10.2 Å². The predicted octanol–water partition coefficient (Wildman–Crippen LogP) is 0.217. The van der Waals surface area contributed by atoms with E-state index in [4.69, 9.17) is 0 Å². The van der Waals surface area contributed by atoms with Crippen molar-refractivity contribution in [1.29, 1.82) is 0 Å². The van der Waals surface area contributed by atoms with E-state index >= 15 is 0 Å². The molecule has 0 bridgehead atoms. The van der Waals surface area contributed by atoms with Crippen LogP contribution >= 0.6 is 0 Å².